The highest BCUT2D eigenvalue weighted by Crippen LogP contribution is 2.67. The molecule has 0 aromatic carbocycles. The molecule has 0 radical (unpaired) electrons. The first-order chi connectivity index (χ1) is 11.3. The highest BCUT2D eigenvalue weighted by atomic mass is 35.5. The zero-order valence-electron chi connectivity index (χ0n) is 15.1. The number of carbonyl (C=O) groups excluding carboxylic acids is 2. The van der Waals surface area contributed by atoms with Gasteiger partial charge in [-0.15, -0.1) is 11.6 Å². The van der Waals surface area contributed by atoms with Crippen molar-refractivity contribution in [1.82, 2.24) is 0 Å². The lowest BCUT2D eigenvalue weighted by Gasteiger charge is -2.59. The van der Waals surface area contributed by atoms with Crippen molar-refractivity contribution >= 4 is 23.2 Å². The fourth-order valence-corrected chi connectivity index (χ4v) is 8.08. The van der Waals surface area contributed by atoms with Gasteiger partial charge in [0.2, 0.25) is 0 Å². The molecule has 0 amide bonds. The van der Waals surface area contributed by atoms with Crippen molar-refractivity contribution in [3.8, 4) is 0 Å². The van der Waals surface area contributed by atoms with Crippen LogP contribution < -0.4 is 0 Å². The monoisotopic (exact) mass is 348 g/mol. The number of fused-ring (bicyclic) bond motifs is 5. The number of allylic oxidation sites excluding steroid dienone is 1. The van der Waals surface area contributed by atoms with Crippen LogP contribution in [0.3, 0.4) is 0 Å². The van der Waals surface area contributed by atoms with Gasteiger partial charge in [0.1, 0.15) is 5.78 Å². The summed E-state index contributed by atoms with van der Waals surface area (Å²) >= 11 is 7.04. The van der Waals surface area contributed by atoms with E-state index >= 15 is 0 Å². The van der Waals surface area contributed by atoms with E-state index in [1.165, 1.54) is 12.0 Å². The predicted octanol–water partition coefficient (Wildman–Crippen LogP) is 4.94. The van der Waals surface area contributed by atoms with Gasteiger partial charge in [0, 0.05) is 17.7 Å². The Kier molecular flexibility index (Phi) is 3.81. The van der Waals surface area contributed by atoms with Crippen LogP contribution in [0.2, 0.25) is 0 Å². The molecule has 4 aliphatic rings. The van der Waals surface area contributed by atoms with Crippen LogP contribution in [0.25, 0.3) is 0 Å². The summed E-state index contributed by atoms with van der Waals surface area (Å²) < 4.78 is 0. The molecule has 24 heavy (non-hydrogen) atoms. The number of hydrogen-bond donors (Lipinski definition) is 0. The third-order valence-electron chi connectivity index (χ3n) is 8.34. The molecule has 0 aliphatic heterocycles. The molecule has 0 aromatic rings. The molecule has 0 bridgehead atoms. The van der Waals surface area contributed by atoms with Gasteiger partial charge < -0.3 is 0 Å². The number of carbonyl (C=O) groups is 2. The quantitative estimate of drug-likeness (QED) is 0.629. The number of hydrogen-bond acceptors (Lipinski definition) is 2. The SMILES string of the molecule is CC(=O)[C@H]1CC[C@H]2[C@@H]3CCC4=CC(=O)CC[C@]4(C)[C@H]3[C@@H](Cl)C[C@]12C. The van der Waals surface area contributed by atoms with Gasteiger partial charge in [-0.3, -0.25) is 9.59 Å². The summed E-state index contributed by atoms with van der Waals surface area (Å²) in [6.45, 7) is 6.46. The van der Waals surface area contributed by atoms with Crippen LogP contribution >= 0.6 is 11.6 Å². The van der Waals surface area contributed by atoms with Gasteiger partial charge in [-0.1, -0.05) is 19.4 Å². The molecule has 4 rings (SSSR count). The van der Waals surface area contributed by atoms with E-state index < -0.39 is 0 Å². The Labute approximate surface area is 150 Å². The van der Waals surface area contributed by atoms with Crippen molar-refractivity contribution in [1.29, 1.82) is 0 Å². The summed E-state index contributed by atoms with van der Waals surface area (Å²) in [6.07, 6.45) is 8.94. The lowest BCUT2D eigenvalue weighted by Crippen LogP contribution is -2.55. The zero-order chi connectivity index (χ0) is 17.3. The van der Waals surface area contributed by atoms with Crippen molar-refractivity contribution in [2.75, 3.05) is 0 Å². The number of rotatable bonds is 1. The van der Waals surface area contributed by atoms with Crippen LogP contribution in [0.15, 0.2) is 11.6 Å². The smallest absolute Gasteiger partial charge is 0.155 e. The zero-order valence-corrected chi connectivity index (χ0v) is 15.9. The predicted molar refractivity (Wildman–Crippen MR) is 95.9 cm³/mol. The van der Waals surface area contributed by atoms with E-state index in [0.717, 1.165) is 32.1 Å². The fourth-order valence-electron chi connectivity index (χ4n) is 7.28. The Morgan fingerprint density at radius 3 is 2.67 bits per heavy atom. The topological polar surface area (TPSA) is 34.1 Å². The van der Waals surface area contributed by atoms with Crippen LogP contribution in [0, 0.1) is 34.5 Å². The van der Waals surface area contributed by atoms with Gasteiger partial charge in [0.25, 0.3) is 0 Å². The molecule has 0 unspecified atom stereocenters. The van der Waals surface area contributed by atoms with E-state index in [9.17, 15) is 9.59 Å². The van der Waals surface area contributed by atoms with Gasteiger partial charge >= 0.3 is 0 Å². The molecule has 2 nitrogen and oxygen atoms in total. The Hall–Kier alpha value is -0.630. The first kappa shape index (κ1) is 16.8. The van der Waals surface area contributed by atoms with Crippen molar-refractivity contribution < 1.29 is 9.59 Å². The summed E-state index contributed by atoms with van der Waals surface area (Å²) in [4.78, 5) is 24.1. The van der Waals surface area contributed by atoms with E-state index in [1.807, 2.05) is 6.08 Å². The fraction of sp³-hybridized carbons (Fsp3) is 0.810. The molecule has 0 aromatic heterocycles. The highest BCUT2D eigenvalue weighted by Gasteiger charge is 2.62. The molecule has 0 spiro atoms. The van der Waals surface area contributed by atoms with Crippen molar-refractivity contribution in [2.24, 2.45) is 34.5 Å². The largest absolute Gasteiger partial charge is 0.300 e. The molecule has 3 heteroatoms. The third-order valence-corrected chi connectivity index (χ3v) is 8.77. The maximum absolute atomic E-state index is 12.2. The molecule has 0 saturated heterocycles. The summed E-state index contributed by atoms with van der Waals surface area (Å²) in [5.41, 5.74) is 1.54. The maximum atomic E-state index is 12.2. The lowest BCUT2D eigenvalue weighted by molar-refractivity contribution is -0.128. The van der Waals surface area contributed by atoms with E-state index in [4.69, 9.17) is 11.6 Å². The molecule has 4 aliphatic carbocycles. The average molecular weight is 349 g/mol. The normalized spacial score (nSPS) is 50.6. The molecule has 132 valence electrons. The minimum absolute atomic E-state index is 0.0848. The molecular formula is C21H29ClO2. The Bertz CT molecular complexity index is 623. The van der Waals surface area contributed by atoms with Crippen LogP contribution in [0.4, 0.5) is 0 Å². The van der Waals surface area contributed by atoms with E-state index in [2.05, 4.69) is 13.8 Å². The molecule has 0 heterocycles. The lowest BCUT2D eigenvalue weighted by atomic mass is 9.46. The maximum Gasteiger partial charge on any atom is 0.155 e. The summed E-state index contributed by atoms with van der Waals surface area (Å²) in [6, 6.07) is 0. The first-order valence-electron chi connectivity index (χ1n) is 9.66. The third kappa shape index (κ3) is 2.14. The summed E-state index contributed by atoms with van der Waals surface area (Å²) in [7, 11) is 0. The number of Topliss-reactive ketones (excluding diaryl/α,β-unsaturated/α-hetero) is 1. The molecule has 3 fully saturated rings. The van der Waals surface area contributed by atoms with Crippen molar-refractivity contribution in [2.45, 2.75) is 71.1 Å². The molecular weight excluding hydrogens is 320 g/mol. The Morgan fingerprint density at radius 2 is 1.96 bits per heavy atom. The van der Waals surface area contributed by atoms with Crippen LogP contribution in [0.5, 0.6) is 0 Å². The minimum Gasteiger partial charge on any atom is -0.300 e. The van der Waals surface area contributed by atoms with Gasteiger partial charge in [-0.25, -0.2) is 0 Å². The molecule has 7 atom stereocenters. The number of halogens is 1. The standard InChI is InChI=1S/C21H29ClO2/c1-12(23)16-6-7-17-15-5-4-13-10-14(24)8-9-20(13,2)19(15)18(22)11-21(16,17)3/h10,15-19H,4-9,11H2,1-3H3/t15-,16+,17-,18-,19+,20-,21+/m0/s1. The van der Waals surface area contributed by atoms with E-state index in [1.54, 1.807) is 6.92 Å². The number of alkyl halides is 1. The van der Waals surface area contributed by atoms with Gasteiger partial charge in [-0.05, 0) is 80.1 Å². The molecule has 3 saturated carbocycles. The summed E-state index contributed by atoms with van der Waals surface area (Å²) in [5, 5.41) is 0.123. The van der Waals surface area contributed by atoms with Crippen LogP contribution in [0.1, 0.15) is 65.7 Å². The van der Waals surface area contributed by atoms with Gasteiger partial charge in [-0.2, -0.15) is 0 Å². The highest BCUT2D eigenvalue weighted by molar-refractivity contribution is 6.21. The van der Waals surface area contributed by atoms with Gasteiger partial charge in [0.05, 0.1) is 0 Å². The average Bonchev–Trinajstić information content (AvgIpc) is 2.84. The van der Waals surface area contributed by atoms with Crippen LogP contribution in [-0.2, 0) is 9.59 Å². The summed E-state index contributed by atoms with van der Waals surface area (Å²) in [5.74, 6) is 2.56. The number of ketones is 2. The second kappa shape index (κ2) is 5.43. The second-order valence-electron chi connectivity index (χ2n) is 9.35. The van der Waals surface area contributed by atoms with Gasteiger partial charge in [0.15, 0.2) is 5.78 Å². The second-order valence-corrected chi connectivity index (χ2v) is 9.92. The molecule has 0 N–H and O–H groups in total. The van der Waals surface area contributed by atoms with E-state index in [-0.39, 0.29) is 22.1 Å². The van der Waals surface area contributed by atoms with E-state index in [0.29, 0.717) is 35.7 Å². The van der Waals surface area contributed by atoms with Crippen molar-refractivity contribution in [3.63, 3.8) is 0 Å². The Balaban J connectivity index is 1.72. The first-order valence-corrected chi connectivity index (χ1v) is 10.1. The van der Waals surface area contributed by atoms with Crippen LogP contribution in [-0.4, -0.2) is 16.9 Å². The van der Waals surface area contributed by atoms with Crippen molar-refractivity contribution in [3.05, 3.63) is 11.6 Å². The minimum atomic E-state index is 0.0848. The Morgan fingerprint density at radius 1 is 1.21 bits per heavy atom.